The number of piperidine rings is 1. The molecule has 1 aliphatic rings. The number of aliphatic hydroxyl groups excluding tert-OH is 1. The third kappa shape index (κ3) is 4.45. The van der Waals surface area contributed by atoms with Gasteiger partial charge in [0, 0.05) is 24.0 Å². The standard InChI is InChI=1S/C18H29N3O2/c1-3-14-7-8-15(12-17(14)19)20-18(23)13(2)21-10-5-4-6-16(21)9-11-22/h7-8,12-13,16,22H,3-6,9-11,19H2,1-2H3,(H,20,23). The minimum atomic E-state index is -0.209. The number of nitrogens with zero attached hydrogens (tertiary/aromatic N) is 1. The van der Waals surface area contributed by atoms with E-state index in [0.717, 1.165) is 43.5 Å². The number of hydrogen-bond acceptors (Lipinski definition) is 4. The molecule has 1 aromatic rings. The summed E-state index contributed by atoms with van der Waals surface area (Å²) in [5.41, 5.74) is 8.55. The number of aryl methyl sites for hydroxylation is 1. The van der Waals surface area contributed by atoms with Crippen molar-refractivity contribution in [3.63, 3.8) is 0 Å². The second-order valence-electron chi connectivity index (χ2n) is 6.33. The van der Waals surface area contributed by atoms with Gasteiger partial charge in [0.15, 0.2) is 0 Å². The molecule has 0 radical (unpaired) electrons. The van der Waals surface area contributed by atoms with Crippen LogP contribution in [0, 0.1) is 0 Å². The van der Waals surface area contributed by atoms with Gasteiger partial charge in [-0.05, 0) is 56.8 Å². The minimum Gasteiger partial charge on any atom is -0.398 e. The Kier molecular flexibility index (Phi) is 6.42. The van der Waals surface area contributed by atoms with E-state index in [4.69, 9.17) is 5.73 Å². The maximum atomic E-state index is 12.6. The number of nitrogens with one attached hydrogen (secondary N) is 1. The van der Waals surface area contributed by atoms with E-state index in [1.165, 1.54) is 6.42 Å². The van der Waals surface area contributed by atoms with E-state index < -0.39 is 0 Å². The Morgan fingerprint density at radius 2 is 2.26 bits per heavy atom. The van der Waals surface area contributed by atoms with Gasteiger partial charge < -0.3 is 16.2 Å². The Morgan fingerprint density at radius 1 is 1.48 bits per heavy atom. The van der Waals surface area contributed by atoms with Crippen molar-refractivity contribution >= 4 is 17.3 Å². The van der Waals surface area contributed by atoms with Crippen LogP contribution < -0.4 is 11.1 Å². The van der Waals surface area contributed by atoms with Gasteiger partial charge in [-0.15, -0.1) is 0 Å². The fourth-order valence-corrected chi connectivity index (χ4v) is 3.38. The van der Waals surface area contributed by atoms with Crippen LogP contribution in [0.25, 0.3) is 0 Å². The van der Waals surface area contributed by atoms with Crippen molar-refractivity contribution < 1.29 is 9.90 Å². The number of rotatable bonds is 6. The number of carbonyl (C=O) groups is 1. The molecule has 5 heteroatoms. The van der Waals surface area contributed by atoms with Crippen LogP contribution >= 0.6 is 0 Å². The topological polar surface area (TPSA) is 78.6 Å². The lowest BCUT2D eigenvalue weighted by Gasteiger charge is -2.39. The summed E-state index contributed by atoms with van der Waals surface area (Å²) in [6.07, 6.45) is 4.95. The average molecular weight is 319 g/mol. The highest BCUT2D eigenvalue weighted by atomic mass is 16.3. The third-order valence-electron chi connectivity index (χ3n) is 4.81. The van der Waals surface area contributed by atoms with Crippen LogP contribution in [0.15, 0.2) is 18.2 Å². The van der Waals surface area contributed by atoms with Gasteiger partial charge in [-0.1, -0.05) is 19.4 Å². The number of nitrogen functional groups attached to an aromatic ring is 1. The lowest BCUT2D eigenvalue weighted by atomic mass is 9.97. The molecule has 23 heavy (non-hydrogen) atoms. The van der Waals surface area contributed by atoms with Crippen LogP contribution in [0.5, 0.6) is 0 Å². The van der Waals surface area contributed by atoms with Crippen LogP contribution in [-0.4, -0.2) is 41.1 Å². The van der Waals surface area contributed by atoms with Crippen molar-refractivity contribution in [1.29, 1.82) is 0 Å². The number of hydrogen-bond donors (Lipinski definition) is 3. The largest absolute Gasteiger partial charge is 0.398 e. The summed E-state index contributed by atoms with van der Waals surface area (Å²) in [7, 11) is 0. The molecule has 1 fully saturated rings. The predicted octanol–water partition coefficient (Wildman–Crippen LogP) is 2.40. The first kappa shape index (κ1) is 17.8. The first-order valence-corrected chi connectivity index (χ1v) is 8.62. The second kappa shape index (κ2) is 8.31. The lowest BCUT2D eigenvalue weighted by molar-refractivity contribution is -0.122. The van der Waals surface area contributed by atoms with Gasteiger partial charge in [0.2, 0.25) is 5.91 Å². The summed E-state index contributed by atoms with van der Waals surface area (Å²) in [5.74, 6) is -0.0153. The van der Waals surface area contributed by atoms with Crippen LogP contribution in [0.3, 0.4) is 0 Å². The van der Waals surface area contributed by atoms with E-state index in [9.17, 15) is 9.90 Å². The molecule has 1 aliphatic heterocycles. The molecule has 128 valence electrons. The smallest absolute Gasteiger partial charge is 0.241 e. The Hall–Kier alpha value is -1.59. The highest BCUT2D eigenvalue weighted by Gasteiger charge is 2.29. The average Bonchev–Trinajstić information content (AvgIpc) is 2.55. The SMILES string of the molecule is CCc1ccc(NC(=O)C(C)N2CCCCC2CCO)cc1N. The van der Waals surface area contributed by atoms with Crippen molar-refractivity contribution in [2.24, 2.45) is 0 Å². The number of nitrogens with two attached hydrogens (primary N) is 1. The van der Waals surface area contributed by atoms with E-state index >= 15 is 0 Å². The lowest BCUT2D eigenvalue weighted by Crippen LogP contribution is -2.50. The van der Waals surface area contributed by atoms with Crippen molar-refractivity contribution in [2.75, 3.05) is 24.2 Å². The molecular formula is C18H29N3O2. The van der Waals surface area contributed by atoms with Crippen LogP contribution in [0.1, 0.15) is 45.1 Å². The fraction of sp³-hybridized carbons (Fsp3) is 0.611. The van der Waals surface area contributed by atoms with Gasteiger partial charge in [-0.3, -0.25) is 9.69 Å². The van der Waals surface area contributed by atoms with Gasteiger partial charge in [0.1, 0.15) is 0 Å². The molecule has 2 atom stereocenters. The van der Waals surface area contributed by atoms with Gasteiger partial charge in [0.25, 0.3) is 0 Å². The van der Waals surface area contributed by atoms with Crippen LogP contribution in [0.4, 0.5) is 11.4 Å². The first-order chi connectivity index (χ1) is 11.1. The van der Waals surface area contributed by atoms with Gasteiger partial charge in [-0.25, -0.2) is 0 Å². The van der Waals surface area contributed by atoms with Crippen LogP contribution in [0.2, 0.25) is 0 Å². The van der Waals surface area contributed by atoms with Crippen molar-refractivity contribution in [2.45, 2.75) is 58.0 Å². The normalized spacial score (nSPS) is 20.2. The molecule has 4 N–H and O–H groups in total. The molecule has 0 bridgehead atoms. The van der Waals surface area contributed by atoms with E-state index in [-0.39, 0.29) is 18.6 Å². The van der Waals surface area contributed by atoms with Crippen molar-refractivity contribution in [3.05, 3.63) is 23.8 Å². The number of aliphatic hydroxyl groups is 1. The molecule has 1 saturated heterocycles. The van der Waals surface area contributed by atoms with E-state index in [0.29, 0.717) is 11.7 Å². The molecule has 1 aromatic carbocycles. The zero-order chi connectivity index (χ0) is 16.8. The Bertz CT molecular complexity index is 531. The quantitative estimate of drug-likeness (QED) is 0.704. The summed E-state index contributed by atoms with van der Waals surface area (Å²) < 4.78 is 0. The zero-order valence-corrected chi connectivity index (χ0v) is 14.2. The number of anilines is 2. The van der Waals surface area contributed by atoms with E-state index in [2.05, 4.69) is 17.1 Å². The molecule has 1 amide bonds. The van der Waals surface area contributed by atoms with Gasteiger partial charge in [0.05, 0.1) is 6.04 Å². The first-order valence-electron chi connectivity index (χ1n) is 8.62. The number of likely N-dealkylation sites (tertiary alicyclic amines) is 1. The van der Waals surface area contributed by atoms with Crippen LogP contribution in [-0.2, 0) is 11.2 Å². The molecule has 0 aliphatic carbocycles. The molecule has 2 rings (SSSR count). The molecule has 0 aromatic heterocycles. The molecule has 1 heterocycles. The Balaban J connectivity index is 2.02. The fourth-order valence-electron chi connectivity index (χ4n) is 3.38. The molecule has 5 nitrogen and oxygen atoms in total. The van der Waals surface area contributed by atoms with E-state index in [1.807, 2.05) is 25.1 Å². The molecule has 0 saturated carbocycles. The molecular weight excluding hydrogens is 290 g/mol. The third-order valence-corrected chi connectivity index (χ3v) is 4.81. The predicted molar refractivity (Wildman–Crippen MR) is 94.4 cm³/mol. The number of amides is 1. The Morgan fingerprint density at radius 3 is 2.91 bits per heavy atom. The van der Waals surface area contributed by atoms with E-state index in [1.54, 1.807) is 0 Å². The number of carbonyl (C=O) groups excluding carboxylic acids is 1. The summed E-state index contributed by atoms with van der Waals surface area (Å²) in [4.78, 5) is 14.8. The minimum absolute atomic E-state index is 0.0153. The maximum absolute atomic E-state index is 12.6. The highest BCUT2D eigenvalue weighted by Crippen LogP contribution is 2.23. The maximum Gasteiger partial charge on any atom is 0.241 e. The Labute approximate surface area is 138 Å². The van der Waals surface area contributed by atoms with Gasteiger partial charge >= 0.3 is 0 Å². The van der Waals surface area contributed by atoms with Crippen molar-refractivity contribution in [3.8, 4) is 0 Å². The monoisotopic (exact) mass is 319 g/mol. The molecule has 2 unspecified atom stereocenters. The summed E-state index contributed by atoms with van der Waals surface area (Å²) in [5, 5.41) is 12.2. The van der Waals surface area contributed by atoms with Crippen molar-refractivity contribution in [1.82, 2.24) is 4.90 Å². The highest BCUT2D eigenvalue weighted by molar-refractivity contribution is 5.95. The summed E-state index contributed by atoms with van der Waals surface area (Å²) >= 11 is 0. The second-order valence-corrected chi connectivity index (χ2v) is 6.33. The molecule has 0 spiro atoms. The number of benzene rings is 1. The van der Waals surface area contributed by atoms with Gasteiger partial charge in [-0.2, -0.15) is 0 Å². The summed E-state index contributed by atoms with van der Waals surface area (Å²) in [6, 6.07) is 5.78. The zero-order valence-electron chi connectivity index (χ0n) is 14.2. The summed E-state index contributed by atoms with van der Waals surface area (Å²) in [6.45, 7) is 5.08.